The fourth-order valence-corrected chi connectivity index (χ4v) is 1.32. The molecular formula is C12H24. The summed E-state index contributed by atoms with van der Waals surface area (Å²) in [5.74, 6) is 1.76. The molecule has 0 aromatic rings. The van der Waals surface area contributed by atoms with Crippen LogP contribution in [0, 0.1) is 11.8 Å². The zero-order valence-electron chi connectivity index (χ0n) is 9.35. The van der Waals surface area contributed by atoms with Crippen molar-refractivity contribution in [2.75, 3.05) is 0 Å². The Hall–Kier alpha value is -0.260. The quantitative estimate of drug-likeness (QED) is 0.533. The van der Waals surface area contributed by atoms with Crippen molar-refractivity contribution in [2.45, 2.75) is 53.9 Å². The molecule has 0 saturated carbocycles. The normalized spacial score (nSPS) is 15.4. The first-order chi connectivity index (χ1) is 5.57. The summed E-state index contributed by atoms with van der Waals surface area (Å²) in [6.07, 6.45) is 6.27. The van der Waals surface area contributed by atoms with E-state index in [2.05, 4.69) is 40.7 Å². The van der Waals surface area contributed by atoms with Crippen LogP contribution in [0.15, 0.2) is 11.6 Å². The van der Waals surface area contributed by atoms with E-state index in [1.54, 1.807) is 0 Å². The highest BCUT2D eigenvalue weighted by Crippen LogP contribution is 2.19. The lowest BCUT2D eigenvalue weighted by Crippen LogP contribution is -2.05. The van der Waals surface area contributed by atoms with Crippen LogP contribution in [-0.4, -0.2) is 0 Å². The molecule has 12 heavy (non-hydrogen) atoms. The van der Waals surface area contributed by atoms with Gasteiger partial charge in [0, 0.05) is 0 Å². The van der Waals surface area contributed by atoms with Gasteiger partial charge >= 0.3 is 0 Å². The minimum atomic E-state index is 0.880. The third-order valence-corrected chi connectivity index (χ3v) is 2.79. The molecule has 0 N–H and O–H groups in total. The summed E-state index contributed by atoms with van der Waals surface area (Å²) in [6.45, 7) is 11.4. The van der Waals surface area contributed by atoms with Gasteiger partial charge in [-0.3, -0.25) is 0 Å². The second kappa shape index (κ2) is 6.28. The lowest BCUT2D eigenvalue weighted by atomic mass is 9.89. The number of allylic oxidation sites excluding steroid dienone is 2. The van der Waals surface area contributed by atoms with Crippen LogP contribution in [0.4, 0.5) is 0 Å². The fraction of sp³-hybridized carbons (Fsp3) is 0.833. The molecule has 0 fully saturated rings. The van der Waals surface area contributed by atoms with Gasteiger partial charge in [0.25, 0.3) is 0 Å². The Morgan fingerprint density at radius 1 is 1.17 bits per heavy atom. The molecule has 0 spiro atoms. The lowest BCUT2D eigenvalue weighted by Gasteiger charge is -2.16. The molecule has 2 atom stereocenters. The molecule has 0 bridgehead atoms. The summed E-state index contributed by atoms with van der Waals surface area (Å²) in [4.78, 5) is 0. The maximum atomic E-state index is 2.37. The van der Waals surface area contributed by atoms with Gasteiger partial charge < -0.3 is 0 Å². The first-order valence-electron chi connectivity index (χ1n) is 5.21. The average molecular weight is 168 g/mol. The van der Waals surface area contributed by atoms with E-state index in [-0.39, 0.29) is 0 Å². The van der Waals surface area contributed by atoms with E-state index >= 15 is 0 Å². The molecule has 0 rings (SSSR count). The molecule has 0 heterocycles. The van der Waals surface area contributed by atoms with Crippen molar-refractivity contribution in [3.63, 3.8) is 0 Å². The number of rotatable bonds is 5. The lowest BCUT2D eigenvalue weighted by molar-refractivity contribution is 0.357. The van der Waals surface area contributed by atoms with Gasteiger partial charge in [-0.1, -0.05) is 38.8 Å². The minimum absolute atomic E-state index is 0.880. The molecule has 0 amide bonds. The van der Waals surface area contributed by atoms with E-state index in [0.29, 0.717) is 0 Å². The Bertz CT molecular complexity index is 129. The third kappa shape index (κ3) is 5.40. The highest BCUT2D eigenvalue weighted by Gasteiger charge is 2.08. The molecule has 0 aromatic carbocycles. The molecule has 72 valence electrons. The molecule has 0 radical (unpaired) electrons. The topological polar surface area (TPSA) is 0 Å². The highest BCUT2D eigenvalue weighted by molar-refractivity contribution is 4.92. The fourth-order valence-electron chi connectivity index (χ4n) is 1.32. The Morgan fingerprint density at radius 3 is 2.17 bits per heavy atom. The van der Waals surface area contributed by atoms with Crippen molar-refractivity contribution in [3.05, 3.63) is 11.6 Å². The van der Waals surface area contributed by atoms with Gasteiger partial charge in [0.1, 0.15) is 0 Å². The van der Waals surface area contributed by atoms with Gasteiger partial charge in [0.05, 0.1) is 0 Å². The second-order valence-corrected chi connectivity index (χ2v) is 4.22. The zero-order chi connectivity index (χ0) is 9.56. The Balaban J connectivity index is 3.57. The van der Waals surface area contributed by atoms with Crippen molar-refractivity contribution < 1.29 is 0 Å². The van der Waals surface area contributed by atoms with Gasteiger partial charge in [-0.2, -0.15) is 0 Å². The van der Waals surface area contributed by atoms with E-state index in [4.69, 9.17) is 0 Å². The van der Waals surface area contributed by atoms with Crippen molar-refractivity contribution in [1.29, 1.82) is 0 Å². The Kier molecular flexibility index (Phi) is 6.14. The maximum Gasteiger partial charge on any atom is -0.0346 e. The molecule has 0 nitrogen and oxygen atoms in total. The molecule has 0 aliphatic heterocycles. The smallest absolute Gasteiger partial charge is 0.0346 e. The largest absolute Gasteiger partial charge is 0.0859 e. The van der Waals surface area contributed by atoms with Gasteiger partial charge in [0.2, 0.25) is 0 Å². The monoisotopic (exact) mass is 168 g/mol. The van der Waals surface area contributed by atoms with Crippen molar-refractivity contribution in [3.8, 4) is 0 Å². The predicted octanol–water partition coefficient (Wildman–Crippen LogP) is 4.42. The van der Waals surface area contributed by atoms with Crippen LogP contribution in [0.2, 0.25) is 0 Å². The highest BCUT2D eigenvalue weighted by atomic mass is 14.1. The van der Waals surface area contributed by atoms with Crippen LogP contribution >= 0.6 is 0 Å². The summed E-state index contributed by atoms with van der Waals surface area (Å²) in [5, 5.41) is 0. The Morgan fingerprint density at radius 2 is 1.75 bits per heavy atom. The summed E-state index contributed by atoms with van der Waals surface area (Å²) in [6, 6.07) is 0. The van der Waals surface area contributed by atoms with Crippen LogP contribution in [-0.2, 0) is 0 Å². The van der Waals surface area contributed by atoms with E-state index < -0.39 is 0 Å². The number of hydrogen-bond donors (Lipinski definition) is 0. The van der Waals surface area contributed by atoms with Crippen LogP contribution in [0.3, 0.4) is 0 Å². The van der Waals surface area contributed by atoms with Crippen LogP contribution in [0.25, 0.3) is 0 Å². The molecule has 0 aliphatic carbocycles. The molecule has 0 saturated heterocycles. The standard InChI is InChI=1S/C12H24/c1-6-11(4)12(5)9-7-8-10(2)3/h8,11-12H,6-7,9H2,1-5H3. The van der Waals surface area contributed by atoms with Crippen LogP contribution in [0.5, 0.6) is 0 Å². The average Bonchev–Trinajstić information content (AvgIpc) is 2.02. The molecular weight excluding hydrogens is 144 g/mol. The van der Waals surface area contributed by atoms with Gasteiger partial charge in [-0.05, 0) is 38.5 Å². The van der Waals surface area contributed by atoms with E-state index in [1.165, 1.54) is 24.8 Å². The van der Waals surface area contributed by atoms with Crippen molar-refractivity contribution in [1.82, 2.24) is 0 Å². The van der Waals surface area contributed by atoms with Crippen molar-refractivity contribution >= 4 is 0 Å². The minimum Gasteiger partial charge on any atom is -0.0859 e. The molecule has 0 heteroatoms. The molecule has 0 aliphatic rings. The van der Waals surface area contributed by atoms with Gasteiger partial charge in [-0.15, -0.1) is 0 Å². The molecule has 2 unspecified atom stereocenters. The summed E-state index contributed by atoms with van der Waals surface area (Å²) < 4.78 is 0. The summed E-state index contributed by atoms with van der Waals surface area (Å²) >= 11 is 0. The van der Waals surface area contributed by atoms with E-state index in [0.717, 1.165) is 11.8 Å². The van der Waals surface area contributed by atoms with Crippen molar-refractivity contribution in [2.24, 2.45) is 11.8 Å². The van der Waals surface area contributed by atoms with Gasteiger partial charge in [0.15, 0.2) is 0 Å². The van der Waals surface area contributed by atoms with E-state index in [1.807, 2.05) is 0 Å². The first kappa shape index (κ1) is 11.7. The second-order valence-electron chi connectivity index (χ2n) is 4.22. The predicted molar refractivity (Wildman–Crippen MR) is 57.3 cm³/mol. The summed E-state index contributed by atoms with van der Waals surface area (Å²) in [7, 11) is 0. The van der Waals surface area contributed by atoms with Crippen LogP contribution < -0.4 is 0 Å². The first-order valence-corrected chi connectivity index (χ1v) is 5.21. The number of hydrogen-bond acceptors (Lipinski definition) is 0. The zero-order valence-corrected chi connectivity index (χ0v) is 9.35. The van der Waals surface area contributed by atoms with E-state index in [9.17, 15) is 0 Å². The molecule has 0 aromatic heterocycles. The Labute approximate surface area is 78.1 Å². The van der Waals surface area contributed by atoms with Gasteiger partial charge in [-0.25, -0.2) is 0 Å². The SMILES string of the molecule is CCC(C)C(C)CCC=C(C)C. The third-order valence-electron chi connectivity index (χ3n) is 2.79. The maximum absolute atomic E-state index is 2.37. The van der Waals surface area contributed by atoms with Crippen LogP contribution in [0.1, 0.15) is 53.9 Å². The summed E-state index contributed by atoms with van der Waals surface area (Å²) in [5.41, 5.74) is 1.45.